The Bertz CT molecular complexity index is 1080. The molecule has 7 heteroatoms. The number of fused-ring (bicyclic) bond motifs is 2. The molecule has 0 bridgehead atoms. The Kier molecular flexibility index (Phi) is 7.06. The lowest BCUT2D eigenvalue weighted by Crippen LogP contribution is -2.55. The Labute approximate surface area is 210 Å². The molecule has 0 aliphatic carbocycles. The minimum atomic E-state index is -0.903. The summed E-state index contributed by atoms with van der Waals surface area (Å²) in [4.78, 5) is 29.8. The lowest BCUT2D eigenvalue weighted by atomic mass is 9.86. The van der Waals surface area contributed by atoms with E-state index in [1.165, 1.54) is 0 Å². The number of hydrogen-bond acceptors (Lipinski definition) is 4. The fraction of sp³-hybridized carbons (Fsp3) is 0.481. The molecule has 0 fully saturated rings. The van der Waals surface area contributed by atoms with Crippen molar-refractivity contribution < 1.29 is 19.4 Å². The maximum absolute atomic E-state index is 13.3. The highest BCUT2D eigenvalue weighted by Crippen LogP contribution is 2.34. The molecule has 34 heavy (non-hydrogen) atoms. The molecule has 182 valence electrons. The molecule has 2 aromatic carbocycles. The minimum Gasteiger partial charge on any atom is -0.444 e. The van der Waals surface area contributed by atoms with Crippen LogP contribution in [0.3, 0.4) is 0 Å². The molecule has 2 aromatic rings. The molecule has 2 aliphatic heterocycles. The number of aliphatic hydroxyl groups excluding tert-OH is 1. The third-order valence-electron chi connectivity index (χ3n) is 6.67. The second-order valence-corrected chi connectivity index (χ2v) is 11.2. The average molecular weight is 529 g/mol. The van der Waals surface area contributed by atoms with Crippen LogP contribution in [0.15, 0.2) is 46.9 Å². The molecular weight excluding hydrogens is 496 g/mol. The fourth-order valence-corrected chi connectivity index (χ4v) is 5.33. The molecule has 2 amide bonds. The highest BCUT2D eigenvalue weighted by molar-refractivity contribution is 9.10. The van der Waals surface area contributed by atoms with Crippen molar-refractivity contribution in [3.63, 3.8) is 0 Å². The smallest absolute Gasteiger partial charge is 0.410 e. The fourth-order valence-electron chi connectivity index (χ4n) is 4.95. The molecule has 0 saturated carbocycles. The topological polar surface area (TPSA) is 70.1 Å². The quantitative estimate of drug-likeness (QED) is 0.597. The normalized spacial score (nSPS) is 21.1. The number of aliphatic hydroxyl groups is 1. The van der Waals surface area contributed by atoms with Crippen LogP contribution in [0.2, 0.25) is 0 Å². The zero-order chi connectivity index (χ0) is 24.6. The molecule has 0 saturated heterocycles. The summed E-state index contributed by atoms with van der Waals surface area (Å²) in [6.45, 7) is 8.70. The van der Waals surface area contributed by atoms with Crippen LogP contribution in [0.4, 0.5) is 4.79 Å². The van der Waals surface area contributed by atoms with Crippen LogP contribution in [0.5, 0.6) is 0 Å². The standard InChI is InChI=1S/C27H33BrN2O4/c1-5-17-14-29(25(32)21-11-10-20(28)13-22(17)21)16-24(31)23-12-18-8-6-7-9-19(18)15-30(23)26(33)34-27(2,3)4/h6-11,13,17,23-24,31H,5,12,14-16H2,1-4H3. The van der Waals surface area contributed by atoms with Gasteiger partial charge in [-0.05, 0) is 68.5 Å². The van der Waals surface area contributed by atoms with Crippen LogP contribution in [0.25, 0.3) is 0 Å². The zero-order valence-electron chi connectivity index (χ0n) is 20.3. The third kappa shape index (κ3) is 5.15. The lowest BCUT2D eigenvalue weighted by Gasteiger charge is -2.42. The Hall–Kier alpha value is -2.38. The van der Waals surface area contributed by atoms with Crippen molar-refractivity contribution in [1.82, 2.24) is 9.80 Å². The summed E-state index contributed by atoms with van der Waals surface area (Å²) in [5, 5.41) is 11.4. The van der Waals surface area contributed by atoms with Gasteiger partial charge in [0.05, 0.1) is 12.1 Å². The molecule has 2 heterocycles. The predicted octanol–water partition coefficient (Wildman–Crippen LogP) is 5.12. The summed E-state index contributed by atoms with van der Waals surface area (Å²) in [6, 6.07) is 13.2. The molecule has 0 spiro atoms. The molecule has 2 aliphatic rings. The van der Waals surface area contributed by atoms with Crippen LogP contribution in [0.1, 0.15) is 67.1 Å². The van der Waals surface area contributed by atoms with Crippen molar-refractivity contribution in [2.24, 2.45) is 0 Å². The van der Waals surface area contributed by atoms with Crippen molar-refractivity contribution >= 4 is 27.9 Å². The van der Waals surface area contributed by atoms with Gasteiger partial charge >= 0.3 is 6.09 Å². The summed E-state index contributed by atoms with van der Waals surface area (Å²) in [5.74, 6) is 0.123. The summed E-state index contributed by atoms with van der Waals surface area (Å²) >= 11 is 3.51. The highest BCUT2D eigenvalue weighted by atomic mass is 79.9. The Morgan fingerprint density at radius 3 is 2.59 bits per heavy atom. The van der Waals surface area contributed by atoms with Gasteiger partial charge in [0, 0.05) is 35.6 Å². The van der Waals surface area contributed by atoms with Gasteiger partial charge in [0.1, 0.15) is 5.60 Å². The monoisotopic (exact) mass is 528 g/mol. The van der Waals surface area contributed by atoms with E-state index in [4.69, 9.17) is 4.74 Å². The number of carbonyl (C=O) groups is 2. The minimum absolute atomic E-state index is 0.0775. The van der Waals surface area contributed by atoms with Gasteiger partial charge in [0.25, 0.3) is 5.91 Å². The van der Waals surface area contributed by atoms with E-state index in [-0.39, 0.29) is 18.4 Å². The van der Waals surface area contributed by atoms with Crippen LogP contribution < -0.4 is 0 Å². The van der Waals surface area contributed by atoms with Crippen LogP contribution in [-0.2, 0) is 17.7 Å². The SMILES string of the molecule is CCC1CN(CC(O)C2Cc3ccccc3CN2C(=O)OC(C)(C)C)C(=O)c2ccc(Br)cc21. The molecule has 3 unspecified atom stereocenters. The second-order valence-electron chi connectivity index (χ2n) is 10.3. The lowest BCUT2D eigenvalue weighted by molar-refractivity contribution is -0.0185. The average Bonchev–Trinajstić information content (AvgIpc) is 2.78. The number of amides is 2. The molecule has 0 aromatic heterocycles. The molecule has 1 N–H and O–H groups in total. The third-order valence-corrected chi connectivity index (χ3v) is 7.17. The van der Waals surface area contributed by atoms with E-state index in [9.17, 15) is 14.7 Å². The summed E-state index contributed by atoms with van der Waals surface area (Å²) in [5.41, 5.74) is 3.26. The van der Waals surface area contributed by atoms with Gasteiger partial charge in [-0.2, -0.15) is 0 Å². The van der Waals surface area contributed by atoms with Crippen LogP contribution >= 0.6 is 15.9 Å². The van der Waals surface area contributed by atoms with Gasteiger partial charge in [-0.3, -0.25) is 9.69 Å². The number of nitrogens with zero attached hydrogens (tertiary/aromatic N) is 2. The van der Waals surface area contributed by atoms with Crippen molar-refractivity contribution in [3.8, 4) is 0 Å². The van der Waals surface area contributed by atoms with Gasteiger partial charge in [0.15, 0.2) is 0 Å². The maximum atomic E-state index is 13.3. The largest absolute Gasteiger partial charge is 0.444 e. The van der Waals surface area contributed by atoms with E-state index in [1.807, 2.05) is 63.2 Å². The Balaban J connectivity index is 1.58. The molecule has 4 rings (SSSR count). The molecular formula is C27H33BrN2O4. The first-order valence-electron chi connectivity index (χ1n) is 11.9. The predicted molar refractivity (Wildman–Crippen MR) is 135 cm³/mol. The van der Waals surface area contributed by atoms with Crippen molar-refractivity contribution in [1.29, 1.82) is 0 Å². The van der Waals surface area contributed by atoms with Gasteiger partial charge in [-0.1, -0.05) is 47.1 Å². The first-order valence-corrected chi connectivity index (χ1v) is 12.7. The Morgan fingerprint density at radius 1 is 1.21 bits per heavy atom. The molecule has 3 atom stereocenters. The first kappa shape index (κ1) is 24.7. The van der Waals surface area contributed by atoms with Crippen molar-refractivity contribution in [3.05, 3.63) is 69.2 Å². The van der Waals surface area contributed by atoms with E-state index >= 15 is 0 Å². The number of halogens is 1. The highest BCUT2D eigenvalue weighted by Gasteiger charge is 2.39. The van der Waals surface area contributed by atoms with E-state index in [2.05, 4.69) is 22.9 Å². The first-order chi connectivity index (χ1) is 16.1. The Morgan fingerprint density at radius 2 is 1.91 bits per heavy atom. The van der Waals surface area contributed by atoms with E-state index in [0.717, 1.165) is 27.6 Å². The number of benzene rings is 2. The van der Waals surface area contributed by atoms with Crippen molar-refractivity contribution in [2.75, 3.05) is 13.1 Å². The van der Waals surface area contributed by atoms with Crippen LogP contribution in [-0.4, -0.2) is 57.7 Å². The van der Waals surface area contributed by atoms with Gasteiger partial charge < -0.3 is 14.7 Å². The second kappa shape index (κ2) is 9.70. The van der Waals surface area contributed by atoms with Crippen LogP contribution in [0, 0.1) is 0 Å². The number of rotatable bonds is 4. The number of β-amino-alcohol motifs (C(OH)–C–C–N with tert-alkyl or cyclic N) is 1. The van der Waals surface area contributed by atoms with Gasteiger partial charge in [-0.25, -0.2) is 4.79 Å². The van der Waals surface area contributed by atoms with Crippen molar-refractivity contribution in [2.45, 2.75) is 70.7 Å². The summed E-state index contributed by atoms with van der Waals surface area (Å²) in [6.07, 6.45) is 0.0563. The van der Waals surface area contributed by atoms with E-state index in [1.54, 1.807) is 9.80 Å². The summed E-state index contributed by atoms with van der Waals surface area (Å²) < 4.78 is 6.62. The van der Waals surface area contributed by atoms with Gasteiger partial charge in [0.2, 0.25) is 0 Å². The van der Waals surface area contributed by atoms with E-state index in [0.29, 0.717) is 25.1 Å². The maximum Gasteiger partial charge on any atom is 0.410 e. The number of carbonyl (C=O) groups excluding carboxylic acids is 2. The molecule has 0 radical (unpaired) electrons. The van der Waals surface area contributed by atoms with Gasteiger partial charge in [-0.15, -0.1) is 0 Å². The molecule has 6 nitrogen and oxygen atoms in total. The summed E-state index contributed by atoms with van der Waals surface area (Å²) in [7, 11) is 0. The zero-order valence-corrected chi connectivity index (χ0v) is 21.8. The number of hydrogen-bond donors (Lipinski definition) is 1. The number of ether oxygens (including phenoxy) is 1. The van der Waals surface area contributed by atoms with E-state index < -0.39 is 23.8 Å².